The average molecular weight is 640 g/mol. The van der Waals surface area contributed by atoms with Gasteiger partial charge in [-0.25, -0.2) is 18.0 Å². The number of aromatic nitrogens is 2. The number of piperazine rings is 1. The third-order valence-electron chi connectivity index (χ3n) is 9.64. The number of hydrogen-bond acceptors (Lipinski definition) is 8. The fraction of sp³-hybridized carbons (Fsp3) is 0.559. The van der Waals surface area contributed by atoms with Crippen LogP contribution in [0.2, 0.25) is 0 Å². The summed E-state index contributed by atoms with van der Waals surface area (Å²) in [7, 11) is 0. The van der Waals surface area contributed by atoms with E-state index in [-0.39, 0.29) is 59.9 Å². The molecule has 0 aliphatic carbocycles. The number of halogens is 3. The topological polar surface area (TPSA) is 80.3 Å². The van der Waals surface area contributed by atoms with Gasteiger partial charge in [0.2, 0.25) is 0 Å². The standard InChI is InChI=1S/C34H40F3N5O4/c1-33(2,3)46-32(43)42-23-10-11-24(42)18-40(17-23)30-27-28(25(36)14-26(37)29(27)44-19-21-8-5-4-6-9-21)38-31(39-30)45-20-34-12-7-13-41(34)16-22(35)15-34/h4-6,8-9,14,22-24H,7,10-13,15-20H2,1-3H3/t22-,23?,24?,34+/m1/s1. The highest BCUT2D eigenvalue weighted by atomic mass is 19.1. The molecule has 246 valence electrons. The van der Waals surface area contributed by atoms with E-state index in [1.165, 1.54) is 0 Å². The lowest BCUT2D eigenvalue weighted by atomic mass is 9.95. The number of amides is 1. The van der Waals surface area contributed by atoms with Gasteiger partial charge in [0.15, 0.2) is 17.4 Å². The summed E-state index contributed by atoms with van der Waals surface area (Å²) in [6.45, 7) is 7.64. The summed E-state index contributed by atoms with van der Waals surface area (Å²) >= 11 is 0. The second-order valence-electron chi connectivity index (χ2n) is 14.0. The number of nitrogens with zero attached hydrogens (tertiary/aromatic N) is 5. The van der Waals surface area contributed by atoms with Crippen LogP contribution in [0.1, 0.15) is 58.4 Å². The Morgan fingerprint density at radius 3 is 2.48 bits per heavy atom. The lowest BCUT2D eigenvalue weighted by Crippen LogP contribution is -2.57. The van der Waals surface area contributed by atoms with Crippen molar-refractivity contribution in [1.29, 1.82) is 0 Å². The SMILES string of the molecule is CC(C)(C)OC(=O)N1C2CCC1CN(c1nc(OC[C@@]34CCCN3C[C@H](F)C4)nc3c(F)cc(F)c(OCc4ccccc4)c13)C2. The first-order valence-electron chi connectivity index (χ1n) is 16.1. The zero-order valence-electron chi connectivity index (χ0n) is 26.5. The van der Waals surface area contributed by atoms with Gasteiger partial charge in [-0.3, -0.25) is 9.80 Å². The molecule has 4 aliphatic heterocycles. The molecule has 9 nitrogen and oxygen atoms in total. The summed E-state index contributed by atoms with van der Waals surface area (Å²) in [5, 5.41) is 0.108. The summed E-state index contributed by atoms with van der Waals surface area (Å²) < 4.78 is 63.6. The van der Waals surface area contributed by atoms with Crippen LogP contribution in [0.3, 0.4) is 0 Å². The molecule has 0 radical (unpaired) electrons. The molecular formula is C34H40F3N5O4. The Balaban J connectivity index is 1.26. The zero-order valence-corrected chi connectivity index (χ0v) is 26.5. The lowest BCUT2D eigenvalue weighted by Gasteiger charge is -2.42. The van der Waals surface area contributed by atoms with E-state index in [1.807, 2.05) is 56.0 Å². The molecule has 4 fully saturated rings. The van der Waals surface area contributed by atoms with Crippen molar-refractivity contribution in [2.75, 3.05) is 37.7 Å². The largest absolute Gasteiger partial charge is 0.485 e. The number of hydrogen-bond donors (Lipinski definition) is 0. The van der Waals surface area contributed by atoms with Gasteiger partial charge in [0.25, 0.3) is 0 Å². The molecule has 2 aromatic carbocycles. The third kappa shape index (κ3) is 5.80. The summed E-state index contributed by atoms with van der Waals surface area (Å²) in [4.78, 5) is 28.2. The Morgan fingerprint density at radius 2 is 1.76 bits per heavy atom. The van der Waals surface area contributed by atoms with Crippen molar-refractivity contribution in [3.05, 3.63) is 53.6 Å². The van der Waals surface area contributed by atoms with E-state index in [0.717, 1.165) is 43.9 Å². The number of anilines is 1. The Morgan fingerprint density at radius 1 is 1.02 bits per heavy atom. The second-order valence-corrected chi connectivity index (χ2v) is 14.0. The van der Waals surface area contributed by atoms with Gasteiger partial charge in [-0.1, -0.05) is 30.3 Å². The molecule has 3 aromatic rings. The van der Waals surface area contributed by atoms with Crippen LogP contribution >= 0.6 is 0 Å². The van der Waals surface area contributed by atoms with Crippen LogP contribution in [0.5, 0.6) is 11.8 Å². The lowest BCUT2D eigenvalue weighted by molar-refractivity contribution is 0.0122. The van der Waals surface area contributed by atoms with Gasteiger partial charge in [0.05, 0.1) is 23.0 Å². The Bertz CT molecular complexity index is 1610. The monoisotopic (exact) mass is 639 g/mol. The maximum atomic E-state index is 15.6. The highest BCUT2D eigenvalue weighted by Gasteiger charge is 2.50. The molecule has 0 saturated carbocycles. The maximum absolute atomic E-state index is 15.6. The molecule has 4 aliphatic rings. The number of carbonyl (C=O) groups excluding carboxylic acids is 1. The summed E-state index contributed by atoms with van der Waals surface area (Å²) in [5.74, 6) is -1.61. The van der Waals surface area contributed by atoms with Crippen LogP contribution in [-0.4, -0.2) is 88.0 Å². The Kier molecular flexibility index (Phi) is 7.89. The quantitative estimate of drug-likeness (QED) is 0.310. The summed E-state index contributed by atoms with van der Waals surface area (Å²) in [6.07, 6.45) is 2.31. The minimum atomic E-state index is -0.932. The van der Waals surface area contributed by atoms with Crippen molar-refractivity contribution in [2.45, 2.75) is 88.9 Å². The maximum Gasteiger partial charge on any atom is 0.410 e. The minimum Gasteiger partial charge on any atom is -0.485 e. The molecule has 12 heteroatoms. The molecule has 7 rings (SSSR count). The molecule has 2 bridgehead atoms. The normalized spacial score (nSPS) is 26.1. The molecule has 1 amide bonds. The first-order valence-corrected chi connectivity index (χ1v) is 16.1. The van der Waals surface area contributed by atoms with Crippen LogP contribution in [0.25, 0.3) is 10.9 Å². The van der Waals surface area contributed by atoms with Crippen LogP contribution in [0.4, 0.5) is 23.8 Å². The van der Waals surface area contributed by atoms with E-state index >= 15 is 8.78 Å². The molecule has 0 spiro atoms. The van der Waals surface area contributed by atoms with Crippen LogP contribution in [-0.2, 0) is 11.3 Å². The highest BCUT2D eigenvalue weighted by Crippen LogP contribution is 2.43. The molecule has 4 saturated heterocycles. The van der Waals surface area contributed by atoms with Gasteiger partial charge < -0.3 is 19.1 Å². The van der Waals surface area contributed by atoms with E-state index in [2.05, 4.69) is 9.88 Å². The van der Waals surface area contributed by atoms with E-state index in [9.17, 15) is 9.18 Å². The first-order chi connectivity index (χ1) is 22.0. The molecule has 0 N–H and O–H groups in total. The number of fused-ring (bicyclic) bond motifs is 4. The van der Waals surface area contributed by atoms with Crippen molar-refractivity contribution in [3.63, 3.8) is 0 Å². The number of benzene rings is 2. The van der Waals surface area contributed by atoms with E-state index in [1.54, 1.807) is 4.90 Å². The number of ether oxygens (including phenoxy) is 3. The van der Waals surface area contributed by atoms with Gasteiger partial charge in [-0.05, 0) is 58.6 Å². The third-order valence-corrected chi connectivity index (χ3v) is 9.64. The van der Waals surface area contributed by atoms with Crippen LogP contribution in [0, 0.1) is 11.6 Å². The van der Waals surface area contributed by atoms with Crippen molar-refractivity contribution >= 4 is 22.8 Å². The predicted molar refractivity (Wildman–Crippen MR) is 166 cm³/mol. The number of alkyl halides is 1. The van der Waals surface area contributed by atoms with Gasteiger partial charge >= 0.3 is 12.1 Å². The fourth-order valence-electron chi connectivity index (χ4n) is 7.68. The predicted octanol–water partition coefficient (Wildman–Crippen LogP) is 6.03. The number of rotatable bonds is 7. The molecule has 2 unspecified atom stereocenters. The van der Waals surface area contributed by atoms with E-state index in [0.29, 0.717) is 26.1 Å². The molecule has 1 aromatic heterocycles. The Hall–Kier alpha value is -3.80. The van der Waals surface area contributed by atoms with Crippen molar-refractivity contribution < 1.29 is 32.2 Å². The zero-order chi connectivity index (χ0) is 32.2. The summed E-state index contributed by atoms with van der Waals surface area (Å²) in [6, 6.07) is 9.66. The van der Waals surface area contributed by atoms with E-state index < -0.39 is 28.9 Å². The van der Waals surface area contributed by atoms with E-state index in [4.69, 9.17) is 19.2 Å². The fourth-order valence-corrected chi connectivity index (χ4v) is 7.68. The van der Waals surface area contributed by atoms with Crippen molar-refractivity contribution in [2.24, 2.45) is 0 Å². The van der Waals surface area contributed by atoms with Gasteiger partial charge in [-0.2, -0.15) is 9.97 Å². The molecule has 46 heavy (non-hydrogen) atoms. The minimum absolute atomic E-state index is 0.0522. The van der Waals surface area contributed by atoms with Crippen molar-refractivity contribution in [3.8, 4) is 11.8 Å². The highest BCUT2D eigenvalue weighted by molar-refractivity contribution is 5.96. The molecular weight excluding hydrogens is 599 g/mol. The van der Waals surface area contributed by atoms with Crippen LogP contribution < -0.4 is 14.4 Å². The smallest absolute Gasteiger partial charge is 0.410 e. The second kappa shape index (κ2) is 11.8. The number of carbonyl (C=O) groups is 1. The first kappa shape index (κ1) is 30.8. The summed E-state index contributed by atoms with van der Waals surface area (Å²) in [5.41, 5.74) is -0.407. The average Bonchev–Trinajstić information content (AvgIpc) is 3.62. The Labute approximate surface area is 266 Å². The molecule has 4 atom stereocenters. The van der Waals surface area contributed by atoms with Gasteiger partial charge in [-0.15, -0.1) is 0 Å². The van der Waals surface area contributed by atoms with Crippen LogP contribution in [0.15, 0.2) is 36.4 Å². The van der Waals surface area contributed by atoms with Crippen molar-refractivity contribution in [1.82, 2.24) is 19.8 Å². The molecule has 5 heterocycles. The van der Waals surface area contributed by atoms with Gasteiger partial charge in [0, 0.05) is 32.1 Å². The van der Waals surface area contributed by atoms with Gasteiger partial charge in [0.1, 0.15) is 36.3 Å².